The fourth-order valence-corrected chi connectivity index (χ4v) is 4.14. The third kappa shape index (κ3) is 5.84. The minimum Gasteiger partial charge on any atom is -0.496 e. The van der Waals surface area contributed by atoms with E-state index in [4.69, 9.17) is 19.5 Å². The molecule has 37 heavy (non-hydrogen) atoms. The summed E-state index contributed by atoms with van der Waals surface area (Å²) in [5.41, 5.74) is 2.72. The Morgan fingerprint density at radius 1 is 0.865 bits per heavy atom. The zero-order chi connectivity index (χ0) is 26.5. The summed E-state index contributed by atoms with van der Waals surface area (Å²) in [6.07, 6.45) is -0.476. The van der Waals surface area contributed by atoms with E-state index in [0.717, 1.165) is 5.56 Å². The molecule has 0 saturated carbocycles. The Morgan fingerprint density at radius 3 is 2.08 bits per heavy atom. The van der Waals surface area contributed by atoms with E-state index in [2.05, 4.69) is 4.89 Å². The van der Waals surface area contributed by atoms with Crippen LogP contribution in [0, 0.1) is 18.8 Å². The summed E-state index contributed by atoms with van der Waals surface area (Å²) in [6, 6.07) is 19.0. The van der Waals surface area contributed by atoms with Crippen molar-refractivity contribution in [2.24, 2.45) is 11.8 Å². The molecule has 0 spiro atoms. The van der Waals surface area contributed by atoms with E-state index in [-0.39, 0.29) is 12.2 Å². The molecule has 2 unspecified atom stereocenters. The Hall–Kier alpha value is -4.50. The number of carbonyl (C=O) groups excluding carboxylic acids is 4. The first-order valence-corrected chi connectivity index (χ1v) is 11.4. The molecule has 0 aliphatic carbocycles. The van der Waals surface area contributed by atoms with Gasteiger partial charge in [0, 0.05) is 11.1 Å². The second-order valence-electron chi connectivity index (χ2n) is 8.62. The summed E-state index contributed by atoms with van der Waals surface area (Å²) in [4.78, 5) is 52.2. The first kappa shape index (κ1) is 25.6. The van der Waals surface area contributed by atoms with Gasteiger partial charge in [-0.3, -0.25) is 14.4 Å². The van der Waals surface area contributed by atoms with Crippen LogP contribution in [-0.2, 0) is 30.4 Å². The molecule has 1 aliphatic heterocycles. The highest BCUT2D eigenvalue weighted by Gasteiger charge is 2.46. The predicted molar refractivity (Wildman–Crippen MR) is 129 cm³/mol. The zero-order valence-corrected chi connectivity index (χ0v) is 20.1. The number of carbonyl (C=O) groups is 4. The van der Waals surface area contributed by atoms with Gasteiger partial charge in [-0.2, -0.15) is 5.26 Å². The number of ketones is 1. The van der Waals surface area contributed by atoms with Crippen molar-refractivity contribution in [2.45, 2.75) is 19.8 Å². The van der Waals surface area contributed by atoms with Crippen LogP contribution in [0.2, 0.25) is 0 Å². The maximum atomic E-state index is 12.7. The summed E-state index contributed by atoms with van der Waals surface area (Å²) in [5.74, 6) is -3.49. The first-order chi connectivity index (χ1) is 17.8. The number of rotatable bonds is 9. The molecule has 9 nitrogen and oxygen atoms in total. The highest BCUT2D eigenvalue weighted by atomic mass is 17.1. The average molecular weight is 504 g/mol. The van der Waals surface area contributed by atoms with Crippen molar-refractivity contribution in [1.29, 1.82) is 0 Å². The van der Waals surface area contributed by atoms with Gasteiger partial charge < -0.3 is 19.1 Å². The van der Waals surface area contributed by atoms with E-state index in [1.807, 2.05) is 19.1 Å². The Labute approximate surface area is 212 Å². The Balaban J connectivity index is 1.51. The van der Waals surface area contributed by atoms with Gasteiger partial charge in [-0.15, -0.1) is 0 Å². The molecular weight excluding hydrogens is 480 g/mol. The van der Waals surface area contributed by atoms with Crippen molar-refractivity contribution in [2.75, 3.05) is 7.11 Å². The fraction of sp³-hybridized carbons (Fsp3) is 0.214. The van der Waals surface area contributed by atoms with Crippen LogP contribution in [0.1, 0.15) is 33.5 Å². The summed E-state index contributed by atoms with van der Waals surface area (Å²) in [7, 11) is 1.46. The minimum atomic E-state index is -1.10. The maximum absolute atomic E-state index is 12.7. The van der Waals surface area contributed by atoms with Crippen molar-refractivity contribution < 1.29 is 43.5 Å². The number of aryl methyl sites for hydroxylation is 1. The summed E-state index contributed by atoms with van der Waals surface area (Å²) < 4.78 is 16.0. The highest BCUT2D eigenvalue weighted by Crippen LogP contribution is 2.35. The molecule has 2 atom stereocenters. The van der Waals surface area contributed by atoms with Gasteiger partial charge in [-0.25, -0.2) is 4.79 Å². The van der Waals surface area contributed by atoms with Gasteiger partial charge in [0.2, 0.25) is 0 Å². The molecule has 4 rings (SSSR count). The molecule has 1 fully saturated rings. The number of methoxy groups -OCH3 is 1. The van der Waals surface area contributed by atoms with Gasteiger partial charge in [0.05, 0.1) is 25.4 Å². The van der Waals surface area contributed by atoms with E-state index >= 15 is 0 Å². The van der Waals surface area contributed by atoms with Gasteiger partial charge in [-0.1, -0.05) is 29.8 Å². The molecule has 0 amide bonds. The van der Waals surface area contributed by atoms with Gasteiger partial charge in [0.1, 0.15) is 17.2 Å². The Morgan fingerprint density at radius 2 is 1.46 bits per heavy atom. The largest absolute Gasteiger partial charge is 0.496 e. The summed E-state index contributed by atoms with van der Waals surface area (Å²) in [6.45, 7) is 1.95. The van der Waals surface area contributed by atoms with Gasteiger partial charge in [0.15, 0.2) is 5.78 Å². The minimum absolute atomic E-state index is 0.0261. The van der Waals surface area contributed by atoms with Crippen LogP contribution in [0.15, 0.2) is 66.7 Å². The van der Waals surface area contributed by atoms with Crippen molar-refractivity contribution in [3.05, 3.63) is 89.0 Å². The third-order valence-electron chi connectivity index (χ3n) is 6.14. The summed E-state index contributed by atoms with van der Waals surface area (Å²) >= 11 is 0. The molecule has 0 bridgehead atoms. The first-order valence-electron chi connectivity index (χ1n) is 11.4. The summed E-state index contributed by atoms with van der Waals surface area (Å²) in [5, 5.41) is 8.56. The smallest absolute Gasteiger partial charge is 0.342 e. The SMILES string of the molecule is COc1ccc(Oc2ccc(C(=O)c3ccc(C)cc3)cc2)cc1CC1C(=O)OC(=O)C1CC(=O)OO. The van der Waals surface area contributed by atoms with Crippen LogP contribution < -0.4 is 9.47 Å². The van der Waals surface area contributed by atoms with E-state index in [9.17, 15) is 19.2 Å². The average Bonchev–Trinajstić information content (AvgIpc) is 3.16. The van der Waals surface area contributed by atoms with E-state index in [1.54, 1.807) is 54.6 Å². The zero-order valence-electron chi connectivity index (χ0n) is 20.1. The number of hydrogen-bond acceptors (Lipinski definition) is 9. The standard InChI is InChI=1S/C28H24O9/c1-16-3-5-17(6-4-16)26(30)18-7-9-20(10-8-18)35-21-11-12-24(34-2)19(13-21)14-22-23(15-25(29)37-33)28(32)36-27(22)31/h3-13,22-23,33H,14-15H2,1-2H3. The Bertz CT molecular complexity index is 1330. The molecule has 1 saturated heterocycles. The van der Waals surface area contributed by atoms with Crippen molar-refractivity contribution >= 4 is 23.7 Å². The molecular formula is C28H24O9. The molecule has 190 valence electrons. The number of ether oxygens (including phenoxy) is 3. The lowest BCUT2D eigenvalue weighted by Crippen LogP contribution is -2.24. The van der Waals surface area contributed by atoms with Crippen molar-refractivity contribution in [3.63, 3.8) is 0 Å². The topological polar surface area (TPSA) is 125 Å². The molecule has 0 radical (unpaired) electrons. The lowest BCUT2D eigenvalue weighted by molar-refractivity contribution is -0.235. The van der Waals surface area contributed by atoms with E-state index in [1.165, 1.54) is 7.11 Å². The van der Waals surface area contributed by atoms with Gasteiger partial charge >= 0.3 is 17.9 Å². The molecule has 1 heterocycles. The number of cyclic esters (lactones) is 2. The Kier molecular flexibility index (Phi) is 7.64. The maximum Gasteiger partial charge on any atom is 0.342 e. The highest BCUT2D eigenvalue weighted by molar-refractivity contribution is 6.09. The van der Waals surface area contributed by atoms with Crippen molar-refractivity contribution in [3.8, 4) is 17.2 Å². The van der Waals surface area contributed by atoms with Crippen LogP contribution in [0.3, 0.4) is 0 Å². The fourth-order valence-electron chi connectivity index (χ4n) is 4.14. The molecule has 3 aromatic rings. The van der Waals surface area contributed by atoms with Gasteiger partial charge in [-0.05, 0) is 61.4 Å². The third-order valence-corrected chi connectivity index (χ3v) is 6.14. The second kappa shape index (κ2) is 11.0. The molecule has 0 aromatic heterocycles. The monoisotopic (exact) mass is 504 g/mol. The quantitative estimate of drug-likeness (QED) is 0.149. The van der Waals surface area contributed by atoms with Crippen LogP contribution in [0.25, 0.3) is 0 Å². The van der Waals surface area contributed by atoms with E-state index < -0.39 is 36.2 Å². The predicted octanol–water partition coefficient (Wildman–Crippen LogP) is 4.29. The molecule has 9 heteroatoms. The van der Waals surface area contributed by atoms with E-state index in [0.29, 0.717) is 33.9 Å². The van der Waals surface area contributed by atoms with Crippen LogP contribution in [0.5, 0.6) is 17.2 Å². The number of esters is 2. The molecule has 1 aliphatic rings. The van der Waals surface area contributed by atoms with Crippen LogP contribution >= 0.6 is 0 Å². The van der Waals surface area contributed by atoms with Crippen LogP contribution in [0.4, 0.5) is 0 Å². The molecule has 1 N–H and O–H groups in total. The number of benzene rings is 3. The lowest BCUT2D eigenvalue weighted by Gasteiger charge is -2.16. The molecule has 3 aromatic carbocycles. The normalized spacial score (nSPS) is 16.7. The second-order valence-corrected chi connectivity index (χ2v) is 8.62. The van der Waals surface area contributed by atoms with Crippen LogP contribution in [-0.4, -0.2) is 36.1 Å². The van der Waals surface area contributed by atoms with Gasteiger partial charge in [0.25, 0.3) is 0 Å². The van der Waals surface area contributed by atoms with Crippen molar-refractivity contribution in [1.82, 2.24) is 0 Å². The lowest BCUT2D eigenvalue weighted by atomic mass is 9.86. The number of hydrogen-bond donors (Lipinski definition) is 1.